The van der Waals surface area contributed by atoms with Crippen molar-refractivity contribution >= 4 is 23.2 Å². The largest absolute Gasteiger partial charge is 0.320 e. The molecule has 0 unspecified atom stereocenters. The molecule has 0 saturated heterocycles. The number of amides is 1. The minimum Gasteiger partial charge on any atom is -0.320 e. The fraction of sp³-hybridized carbons (Fsp3) is 0.105. The van der Waals surface area contributed by atoms with Gasteiger partial charge in [-0.2, -0.15) is 5.10 Å². The van der Waals surface area contributed by atoms with Gasteiger partial charge in [0.05, 0.1) is 0 Å². The van der Waals surface area contributed by atoms with Crippen molar-refractivity contribution in [3.8, 4) is 5.69 Å². The molecular weight excluding hydrogens is 357 g/mol. The number of para-hydroxylation sites is 1. The molecule has 132 valence electrons. The van der Waals surface area contributed by atoms with Gasteiger partial charge in [0.2, 0.25) is 5.43 Å². The standard InChI is InChI=1S/C19H15ClFN3O2/c1-11-7-8-13(10-14(11)20)22-19(26)18-17(25)9-12(2)24(23-18)16-6-4-3-5-15(16)21/h3-10H,1-2H3,(H,22,26). The molecule has 0 aliphatic carbocycles. The summed E-state index contributed by atoms with van der Waals surface area (Å²) in [5, 5.41) is 7.13. The summed E-state index contributed by atoms with van der Waals surface area (Å²) in [6.45, 7) is 3.45. The molecule has 0 spiro atoms. The molecule has 0 aliphatic rings. The summed E-state index contributed by atoms with van der Waals surface area (Å²) in [6, 6.07) is 12.2. The summed E-state index contributed by atoms with van der Waals surface area (Å²) in [6.07, 6.45) is 0. The number of aromatic nitrogens is 2. The van der Waals surface area contributed by atoms with Crippen molar-refractivity contribution in [2.24, 2.45) is 0 Å². The van der Waals surface area contributed by atoms with Crippen LogP contribution >= 0.6 is 11.6 Å². The van der Waals surface area contributed by atoms with Crippen molar-refractivity contribution in [3.05, 3.63) is 86.5 Å². The average Bonchev–Trinajstić information content (AvgIpc) is 2.59. The molecule has 7 heteroatoms. The highest BCUT2D eigenvalue weighted by molar-refractivity contribution is 6.31. The predicted octanol–water partition coefficient (Wildman–Crippen LogP) is 3.89. The summed E-state index contributed by atoms with van der Waals surface area (Å²) in [5.41, 5.74) is 0.971. The van der Waals surface area contributed by atoms with Crippen molar-refractivity contribution < 1.29 is 9.18 Å². The van der Waals surface area contributed by atoms with Crippen LogP contribution in [0.2, 0.25) is 5.02 Å². The summed E-state index contributed by atoms with van der Waals surface area (Å²) in [4.78, 5) is 24.7. The Bertz CT molecular complexity index is 1060. The molecule has 5 nitrogen and oxygen atoms in total. The first-order valence-electron chi connectivity index (χ1n) is 7.80. The molecule has 2 aromatic carbocycles. The van der Waals surface area contributed by atoms with Gasteiger partial charge in [-0.3, -0.25) is 9.59 Å². The Morgan fingerprint density at radius 2 is 1.88 bits per heavy atom. The van der Waals surface area contributed by atoms with Crippen molar-refractivity contribution in [1.29, 1.82) is 0 Å². The lowest BCUT2D eigenvalue weighted by atomic mass is 10.2. The molecular formula is C19H15ClFN3O2. The average molecular weight is 372 g/mol. The van der Waals surface area contributed by atoms with Gasteiger partial charge in [-0.1, -0.05) is 29.8 Å². The van der Waals surface area contributed by atoms with Gasteiger partial charge in [0.1, 0.15) is 11.5 Å². The lowest BCUT2D eigenvalue weighted by Gasteiger charge is -2.12. The molecule has 1 aromatic heterocycles. The number of aryl methyl sites for hydroxylation is 2. The normalized spacial score (nSPS) is 10.6. The van der Waals surface area contributed by atoms with Crippen LogP contribution in [-0.4, -0.2) is 15.7 Å². The van der Waals surface area contributed by atoms with Crippen molar-refractivity contribution in [3.63, 3.8) is 0 Å². The third-order valence-corrected chi connectivity index (χ3v) is 4.24. The zero-order valence-electron chi connectivity index (χ0n) is 14.1. The number of benzene rings is 2. The van der Waals surface area contributed by atoms with E-state index in [9.17, 15) is 14.0 Å². The van der Waals surface area contributed by atoms with Crippen molar-refractivity contribution in [2.75, 3.05) is 5.32 Å². The van der Waals surface area contributed by atoms with Crippen LogP contribution in [0.15, 0.2) is 53.3 Å². The molecule has 3 rings (SSSR count). The molecule has 0 aliphatic heterocycles. The Balaban J connectivity index is 2.01. The van der Waals surface area contributed by atoms with E-state index in [2.05, 4.69) is 10.4 Å². The van der Waals surface area contributed by atoms with E-state index >= 15 is 0 Å². The second kappa shape index (κ2) is 7.09. The molecule has 0 radical (unpaired) electrons. The van der Waals surface area contributed by atoms with Gasteiger partial charge in [0.25, 0.3) is 5.91 Å². The fourth-order valence-electron chi connectivity index (χ4n) is 2.43. The lowest BCUT2D eigenvalue weighted by Crippen LogP contribution is -2.27. The van der Waals surface area contributed by atoms with Crippen LogP contribution in [0.3, 0.4) is 0 Å². The zero-order chi connectivity index (χ0) is 18.8. The van der Waals surface area contributed by atoms with E-state index < -0.39 is 17.2 Å². The van der Waals surface area contributed by atoms with Gasteiger partial charge in [0, 0.05) is 22.5 Å². The number of hydrogen-bond donors (Lipinski definition) is 1. The first-order chi connectivity index (χ1) is 12.4. The van der Waals surface area contributed by atoms with Crippen molar-refractivity contribution in [1.82, 2.24) is 9.78 Å². The highest BCUT2D eigenvalue weighted by atomic mass is 35.5. The smallest absolute Gasteiger partial charge is 0.280 e. The summed E-state index contributed by atoms with van der Waals surface area (Å²) < 4.78 is 15.3. The first kappa shape index (κ1) is 17.8. The molecule has 3 aromatic rings. The molecule has 0 bridgehead atoms. The van der Waals surface area contributed by atoms with Crippen LogP contribution in [0.4, 0.5) is 10.1 Å². The van der Waals surface area contributed by atoms with Crippen molar-refractivity contribution in [2.45, 2.75) is 13.8 Å². The monoisotopic (exact) mass is 371 g/mol. The van der Waals surface area contributed by atoms with E-state index in [4.69, 9.17) is 11.6 Å². The number of nitrogens with zero attached hydrogens (tertiary/aromatic N) is 2. The minimum atomic E-state index is -0.694. The fourth-order valence-corrected chi connectivity index (χ4v) is 2.61. The number of halogens is 2. The van der Waals surface area contributed by atoms with Gasteiger partial charge in [-0.15, -0.1) is 0 Å². The third kappa shape index (κ3) is 3.50. The number of carbonyl (C=O) groups excluding carboxylic acids is 1. The highest BCUT2D eigenvalue weighted by Crippen LogP contribution is 2.20. The number of hydrogen-bond acceptors (Lipinski definition) is 3. The first-order valence-corrected chi connectivity index (χ1v) is 8.18. The lowest BCUT2D eigenvalue weighted by molar-refractivity contribution is 0.101. The molecule has 0 fully saturated rings. The Labute approximate surface area is 154 Å². The Morgan fingerprint density at radius 1 is 1.15 bits per heavy atom. The molecule has 1 heterocycles. The second-order valence-electron chi connectivity index (χ2n) is 5.78. The van der Waals surface area contributed by atoms with E-state index in [0.29, 0.717) is 16.4 Å². The van der Waals surface area contributed by atoms with Gasteiger partial charge >= 0.3 is 0 Å². The van der Waals surface area contributed by atoms with Crippen LogP contribution in [0.25, 0.3) is 5.69 Å². The molecule has 0 atom stereocenters. The molecule has 1 amide bonds. The molecule has 0 saturated carbocycles. The highest BCUT2D eigenvalue weighted by Gasteiger charge is 2.17. The maximum atomic E-state index is 14.1. The van der Waals surface area contributed by atoms with Crippen LogP contribution in [0, 0.1) is 19.7 Å². The second-order valence-corrected chi connectivity index (χ2v) is 6.19. The van der Waals surface area contributed by atoms with E-state index in [1.54, 1.807) is 37.3 Å². The van der Waals surface area contributed by atoms with E-state index in [0.717, 1.165) is 5.56 Å². The number of nitrogens with one attached hydrogen (secondary N) is 1. The Morgan fingerprint density at radius 3 is 2.58 bits per heavy atom. The van der Waals surface area contributed by atoms with Gasteiger partial charge in [-0.25, -0.2) is 9.07 Å². The number of anilines is 1. The van der Waals surface area contributed by atoms with Crippen LogP contribution in [0.1, 0.15) is 21.7 Å². The summed E-state index contributed by atoms with van der Waals surface area (Å²) >= 11 is 6.04. The summed E-state index contributed by atoms with van der Waals surface area (Å²) in [7, 11) is 0. The zero-order valence-corrected chi connectivity index (χ0v) is 14.8. The van der Waals surface area contributed by atoms with Gasteiger partial charge in [0.15, 0.2) is 5.69 Å². The van der Waals surface area contributed by atoms with E-state index in [-0.39, 0.29) is 11.4 Å². The maximum Gasteiger partial charge on any atom is 0.280 e. The van der Waals surface area contributed by atoms with Gasteiger partial charge in [-0.05, 0) is 43.7 Å². The molecule has 1 N–H and O–H groups in total. The van der Waals surface area contributed by atoms with E-state index in [1.807, 2.05) is 6.92 Å². The Hall–Kier alpha value is -2.99. The minimum absolute atomic E-state index is 0.150. The van der Waals surface area contributed by atoms with Crippen LogP contribution in [0.5, 0.6) is 0 Å². The Kier molecular flexibility index (Phi) is 4.86. The SMILES string of the molecule is Cc1ccc(NC(=O)c2nn(-c3ccccc3F)c(C)cc2=O)cc1Cl. The van der Waals surface area contributed by atoms with Crippen LogP contribution < -0.4 is 10.7 Å². The quantitative estimate of drug-likeness (QED) is 0.759. The summed E-state index contributed by atoms with van der Waals surface area (Å²) in [5.74, 6) is -1.21. The number of carbonyl (C=O) groups is 1. The topological polar surface area (TPSA) is 64.0 Å². The van der Waals surface area contributed by atoms with Gasteiger partial charge < -0.3 is 5.32 Å². The third-order valence-electron chi connectivity index (χ3n) is 3.83. The molecule has 26 heavy (non-hydrogen) atoms. The maximum absolute atomic E-state index is 14.1. The number of rotatable bonds is 3. The van der Waals surface area contributed by atoms with Crippen LogP contribution in [-0.2, 0) is 0 Å². The predicted molar refractivity (Wildman–Crippen MR) is 98.7 cm³/mol. The van der Waals surface area contributed by atoms with E-state index in [1.165, 1.54) is 22.9 Å².